The van der Waals surface area contributed by atoms with Gasteiger partial charge in [-0.05, 0) is 51.3 Å². The monoisotopic (exact) mass is 252 g/mol. The molecule has 0 aromatic heterocycles. The Bertz CT molecular complexity index is 368. The fourth-order valence-electron chi connectivity index (χ4n) is 1.35. The molecule has 94 valence electrons. The Morgan fingerprint density at radius 1 is 1.24 bits per heavy atom. The van der Waals surface area contributed by atoms with Crippen molar-refractivity contribution in [2.75, 3.05) is 18.1 Å². The van der Waals surface area contributed by atoms with Crippen molar-refractivity contribution in [3.05, 3.63) is 24.3 Å². The summed E-state index contributed by atoms with van der Waals surface area (Å²) in [5.41, 5.74) is 0.786. The molecule has 1 amide bonds. The Morgan fingerprint density at radius 3 is 2.29 bits per heavy atom. The Hall–Kier alpha value is -1.16. The van der Waals surface area contributed by atoms with Crippen molar-refractivity contribution in [1.82, 2.24) is 5.32 Å². The van der Waals surface area contributed by atoms with Crippen LogP contribution in [0.25, 0.3) is 0 Å². The minimum absolute atomic E-state index is 0.00597. The predicted octanol–water partition coefficient (Wildman–Crippen LogP) is 2.74. The van der Waals surface area contributed by atoms with Crippen molar-refractivity contribution in [3.63, 3.8) is 0 Å². The van der Waals surface area contributed by atoms with Crippen LogP contribution in [0, 0.1) is 0 Å². The molecule has 0 aliphatic heterocycles. The maximum absolute atomic E-state index is 11.6. The van der Waals surface area contributed by atoms with Gasteiger partial charge in [0.15, 0.2) is 0 Å². The first-order valence-corrected chi connectivity index (χ1v) is 6.82. The van der Waals surface area contributed by atoms with E-state index in [0.717, 1.165) is 5.69 Å². The van der Waals surface area contributed by atoms with Crippen LogP contribution in [0.3, 0.4) is 0 Å². The van der Waals surface area contributed by atoms with E-state index in [1.807, 2.05) is 51.3 Å². The third-order valence-electron chi connectivity index (χ3n) is 2.06. The topological polar surface area (TPSA) is 41.1 Å². The second-order valence-corrected chi connectivity index (χ2v) is 5.76. The summed E-state index contributed by atoms with van der Waals surface area (Å²) in [4.78, 5) is 12.8. The third-order valence-corrected chi connectivity index (χ3v) is 2.80. The van der Waals surface area contributed by atoms with Gasteiger partial charge in [-0.3, -0.25) is 4.79 Å². The van der Waals surface area contributed by atoms with Crippen molar-refractivity contribution < 1.29 is 4.79 Å². The van der Waals surface area contributed by atoms with Crippen LogP contribution in [0.5, 0.6) is 0 Å². The Morgan fingerprint density at radius 2 is 1.82 bits per heavy atom. The highest BCUT2D eigenvalue weighted by atomic mass is 32.2. The molecule has 0 atom stereocenters. The zero-order valence-corrected chi connectivity index (χ0v) is 11.6. The van der Waals surface area contributed by atoms with Crippen molar-refractivity contribution in [2.45, 2.75) is 31.2 Å². The highest BCUT2D eigenvalue weighted by molar-refractivity contribution is 7.98. The number of nitrogens with one attached hydrogen (secondary N) is 2. The second-order valence-electron chi connectivity index (χ2n) is 4.88. The summed E-state index contributed by atoms with van der Waals surface area (Å²) >= 11 is 1.70. The lowest BCUT2D eigenvalue weighted by atomic mass is 10.1. The highest BCUT2D eigenvalue weighted by Gasteiger charge is 2.12. The number of benzene rings is 1. The van der Waals surface area contributed by atoms with Gasteiger partial charge in [0.2, 0.25) is 5.91 Å². The van der Waals surface area contributed by atoms with E-state index in [0.29, 0.717) is 6.54 Å². The van der Waals surface area contributed by atoms with Gasteiger partial charge in [-0.1, -0.05) is 0 Å². The average molecular weight is 252 g/mol. The molecule has 4 heteroatoms. The second kappa shape index (κ2) is 5.96. The normalized spacial score (nSPS) is 11.1. The molecule has 2 N–H and O–H groups in total. The summed E-state index contributed by atoms with van der Waals surface area (Å²) in [7, 11) is 0. The molecule has 1 aromatic rings. The minimum atomic E-state index is -0.179. The first-order chi connectivity index (χ1) is 7.90. The lowest BCUT2D eigenvalue weighted by molar-refractivity contribution is -0.120. The van der Waals surface area contributed by atoms with E-state index < -0.39 is 0 Å². The third kappa shape index (κ3) is 5.63. The molecule has 3 nitrogen and oxygen atoms in total. The van der Waals surface area contributed by atoms with E-state index in [1.54, 1.807) is 11.8 Å². The van der Waals surface area contributed by atoms with Gasteiger partial charge in [0, 0.05) is 16.1 Å². The molecule has 0 aliphatic rings. The number of thioether (sulfide) groups is 1. The quantitative estimate of drug-likeness (QED) is 0.810. The zero-order chi connectivity index (χ0) is 12.9. The summed E-state index contributed by atoms with van der Waals surface area (Å²) in [6.45, 7) is 6.21. The van der Waals surface area contributed by atoms with E-state index >= 15 is 0 Å². The summed E-state index contributed by atoms with van der Waals surface area (Å²) in [5.74, 6) is 0.00597. The molecule has 0 spiro atoms. The van der Waals surface area contributed by atoms with Crippen LogP contribution in [0.15, 0.2) is 29.2 Å². The summed E-state index contributed by atoms with van der Waals surface area (Å²) in [6, 6.07) is 8.04. The number of hydrogen-bond donors (Lipinski definition) is 2. The standard InChI is InChI=1S/C13H20N2OS/c1-13(2,3)15-12(16)9-14-10-5-7-11(17-4)8-6-10/h5-8,14H,9H2,1-4H3,(H,15,16). The number of carbonyl (C=O) groups is 1. The SMILES string of the molecule is CSc1ccc(NCC(=O)NC(C)(C)C)cc1. The van der Waals surface area contributed by atoms with Crippen LogP contribution < -0.4 is 10.6 Å². The van der Waals surface area contributed by atoms with Gasteiger partial charge in [-0.25, -0.2) is 0 Å². The van der Waals surface area contributed by atoms with Crippen molar-refractivity contribution in [3.8, 4) is 0 Å². The predicted molar refractivity (Wildman–Crippen MR) is 74.6 cm³/mol. The van der Waals surface area contributed by atoms with Crippen LogP contribution in [-0.4, -0.2) is 24.2 Å². The van der Waals surface area contributed by atoms with E-state index in [9.17, 15) is 4.79 Å². The van der Waals surface area contributed by atoms with Gasteiger partial charge < -0.3 is 10.6 Å². The zero-order valence-electron chi connectivity index (χ0n) is 10.8. The summed E-state index contributed by atoms with van der Waals surface area (Å²) in [5, 5.41) is 6.00. The minimum Gasteiger partial charge on any atom is -0.376 e. The van der Waals surface area contributed by atoms with Gasteiger partial charge >= 0.3 is 0 Å². The molecule has 0 fully saturated rings. The largest absolute Gasteiger partial charge is 0.376 e. The molecule has 17 heavy (non-hydrogen) atoms. The van der Waals surface area contributed by atoms with E-state index in [2.05, 4.69) is 10.6 Å². The molecule has 0 heterocycles. The smallest absolute Gasteiger partial charge is 0.239 e. The van der Waals surface area contributed by atoms with E-state index in [1.165, 1.54) is 4.90 Å². The summed E-state index contributed by atoms with van der Waals surface area (Å²) < 4.78 is 0. The number of hydrogen-bond acceptors (Lipinski definition) is 3. The number of anilines is 1. The molecule has 0 saturated carbocycles. The van der Waals surface area contributed by atoms with Gasteiger partial charge in [-0.15, -0.1) is 11.8 Å². The lowest BCUT2D eigenvalue weighted by Gasteiger charge is -2.20. The first-order valence-electron chi connectivity index (χ1n) is 5.59. The van der Waals surface area contributed by atoms with Crippen molar-refractivity contribution in [2.24, 2.45) is 0 Å². The van der Waals surface area contributed by atoms with Crippen molar-refractivity contribution >= 4 is 23.4 Å². The molecule has 0 aliphatic carbocycles. The maximum atomic E-state index is 11.6. The fraction of sp³-hybridized carbons (Fsp3) is 0.462. The average Bonchev–Trinajstić information content (AvgIpc) is 2.25. The molecule has 0 radical (unpaired) electrons. The molecule has 0 bridgehead atoms. The Labute approximate surface area is 107 Å². The molecular weight excluding hydrogens is 232 g/mol. The van der Waals surface area contributed by atoms with E-state index in [4.69, 9.17) is 0 Å². The van der Waals surface area contributed by atoms with Crippen LogP contribution in [0.2, 0.25) is 0 Å². The highest BCUT2D eigenvalue weighted by Crippen LogP contribution is 2.17. The van der Waals surface area contributed by atoms with Gasteiger partial charge in [0.05, 0.1) is 6.54 Å². The van der Waals surface area contributed by atoms with Crippen LogP contribution in [0.1, 0.15) is 20.8 Å². The maximum Gasteiger partial charge on any atom is 0.239 e. The number of rotatable bonds is 4. The Kier molecular flexibility index (Phi) is 4.87. The van der Waals surface area contributed by atoms with Crippen LogP contribution >= 0.6 is 11.8 Å². The van der Waals surface area contributed by atoms with E-state index in [-0.39, 0.29) is 11.4 Å². The van der Waals surface area contributed by atoms with Crippen LogP contribution in [0.4, 0.5) is 5.69 Å². The van der Waals surface area contributed by atoms with Crippen molar-refractivity contribution in [1.29, 1.82) is 0 Å². The van der Waals surface area contributed by atoms with Gasteiger partial charge in [0.25, 0.3) is 0 Å². The molecule has 1 rings (SSSR count). The first kappa shape index (κ1) is 13.9. The van der Waals surface area contributed by atoms with Crippen LogP contribution in [-0.2, 0) is 4.79 Å². The summed E-state index contributed by atoms with van der Waals surface area (Å²) in [6.07, 6.45) is 2.04. The number of carbonyl (C=O) groups excluding carboxylic acids is 1. The molecule has 1 aromatic carbocycles. The van der Waals surface area contributed by atoms with Gasteiger partial charge in [0.1, 0.15) is 0 Å². The molecule has 0 unspecified atom stereocenters. The fourth-order valence-corrected chi connectivity index (χ4v) is 1.76. The molecular formula is C13H20N2OS. The van der Waals surface area contributed by atoms with Gasteiger partial charge in [-0.2, -0.15) is 0 Å². The lowest BCUT2D eigenvalue weighted by Crippen LogP contribution is -2.43. The number of amides is 1. The Balaban J connectivity index is 2.42. The molecule has 0 saturated heterocycles.